The van der Waals surface area contributed by atoms with E-state index in [0.29, 0.717) is 0 Å². The molecule has 1 aliphatic rings. The van der Waals surface area contributed by atoms with Gasteiger partial charge in [0.15, 0.2) is 5.89 Å². The molecule has 0 spiro atoms. The third-order valence-electron chi connectivity index (χ3n) is 2.70. The fourth-order valence-corrected chi connectivity index (χ4v) is 2.01. The third kappa shape index (κ3) is 2.15. The van der Waals surface area contributed by atoms with Crippen LogP contribution in [0.2, 0.25) is 0 Å². The third-order valence-corrected chi connectivity index (χ3v) is 2.70. The molecule has 0 atom stereocenters. The Hall–Kier alpha value is -0.830. The highest BCUT2D eigenvalue weighted by molar-refractivity contribution is 4.96. The zero-order valence-electron chi connectivity index (χ0n) is 8.99. The topological polar surface area (TPSA) is 29.3 Å². The van der Waals surface area contributed by atoms with E-state index in [-0.39, 0.29) is 0 Å². The van der Waals surface area contributed by atoms with Crippen LogP contribution in [0.25, 0.3) is 0 Å². The molecule has 1 aromatic heterocycles. The first-order chi connectivity index (χ1) is 6.78. The Bertz CT molecular complexity index is 289. The molecule has 0 bridgehead atoms. The minimum absolute atomic E-state index is 0.758. The summed E-state index contributed by atoms with van der Waals surface area (Å²) in [6, 6.07) is 0. The maximum Gasteiger partial charge on any atom is 0.194 e. The zero-order valence-corrected chi connectivity index (χ0v) is 8.99. The minimum Gasteiger partial charge on any atom is -0.446 e. The summed E-state index contributed by atoms with van der Waals surface area (Å²) in [6.07, 6.45) is 5.02. The Balaban J connectivity index is 1.84. The molecular formula is C11H18N2O. The summed E-state index contributed by atoms with van der Waals surface area (Å²) >= 11 is 0. The fraction of sp³-hybridized carbons (Fsp3) is 0.727. The molecule has 3 heteroatoms. The van der Waals surface area contributed by atoms with Gasteiger partial charge in [0, 0.05) is 25.9 Å². The van der Waals surface area contributed by atoms with Gasteiger partial charge in [0.2, 0.25) is 0 Å². The molecule has 0 aliphatic carbocycles. The molecule has 0 unspecified atom stereocenters. The number of aromatic nitrogens is 1. The van der Waals surface area contributed by atoms with Gasteiger partial charge in [-0.3, -0.25) is 0 Å². The SMILES string of the molecule is CCCc1cnc(CC2CN(C)C2)o1. The largest absolute Gasteiger partial charge is 0.446 e. The Labute approximate surface area is 85.1 Å². The van der Waals surface area contributed by atoms with E-state index in [1.54, 1.807) is 0 Å². The summed E-state index contributed by atoms with van der Waals surface area (Å²) in [4.78, 5) is 6.62. The van der Waals surface area contributed by atoms with Crippen molar-refractivity contribution in [2.75, 3.05) is 20.1 Å². The number of nitrogens with zero attached hydrogens (tertiary/aromatic N) is 2. The number of hydrogen-bond donors (Lipinski definition) is 0. The van der Waals surface area contributed by atoms with E-state index in [9.17, 15) is 0 Å². The van der Waals surface area contributed by atoms with Crippen molar-refractivity contribution >= 4 is 0 Å². The van der Waals surface area contributed by atoms with Gasteiger partial charge in [-0.1, -0.05) is 6.92 Å². The first-order valence-electron chi connectivity index (χ1n) is 5.40. The van der Waals surface area contributed by atoms with Crippen LogP contribution in [0.5, 0.6) is 0 Å². The van der Waals surface area contributed by atoms with Crippen molar-refractivity contribution in [3.8, 4) is 0 Å². The summed E-state index contributed by atoms with van der Waals surface area (Å²) in [5.41, 5.74) is 0. The van der Waals surface area contributed by atoms with Crippen LogP contribution >= 0.6 is 0 Å². The predicted octanol–water partition coefficient (Wildman–Crippen LogP) is 1.73. The summed E-state index contributed by atoms with van der Waals surface area (Å²) in [6.45, 7) is 4.53. The lowest BCUT2D eigenvalue weighted by atomic mass is 9.97. The molecule has 1 saturated heterocycles. The van der Waals surface area contributed by atoms with Gasteiger partial charge < -0.3 is 9.32 Å². The van der Waals surface area contributed by atoms with E-state index in [1.165, 1.54) is 13.1 Å². The van der Waals surface area contributed by atoms with Crippen LogP contribution < -0.4 is 0 Å². The fourth-order valence-electron chi connectivity index (χ4n) is 2.01. The molecule has 0 N–H and O–H groups in total. The second kappa shape index (κ2) is 4.13. The Morgan fingerprint density at radius 2 is 2.36 bits per heavy atom. The number of aryl methyl sites for hydroxylation is 1. The molecule has 0 radical (unpaired) electrons. The molecule has 0 aromatic carbocycles. The van der Waals surface area contributed by atoms with Gasteiger partial charge in [-0.25, -0.2) is 4.98 Å². The molecule has 78 valence electrons. The lowest BCUT2D eigenvalue weighted by molar-refractivity contribution is 0.128. The average molecular weight is 194 g/mol. The van der Waals surface area contributed by atoms with Gasteiger partial charge in [-0.05, 0) is 19.4 Å². The number of rotatable bonds is 4. The summed E-state index contributed by atoms with van der Waals surface area (Å²) in [5, 5.41) is 0. The number of oxazole rings is 1. The molecule has 0 saturated carbocycles. The Morgan fingerprint density at radius 3 is 3.00 bits per heavy atom. The molecule has 0 amide bonds. The van der Waals surface area contributed by atoms with Gasteiger partial charge in [0.1, 0.15) is 5.76 Å². The van der Waals surface area contributed by atoms with Crippen molar-refractivity contribution in [1.82, 2.24) is 9.88 Å². The highest BCUT2D eigenvalue weighted by Gasteiger charge is 2.24. The molecular weight excluding hydrogens is 176 g/mol. The van der Waals surface area contributed by atoms with Crippen LogP contribution in [0.1, 0.15) is 25.0 Å². The molecule has 2 rings (SSSR count). The maximum atomic E-state index is 5.64. The van der Waals surface area contributed by atoms with E-state index in [2.05, 4.69) is 23.9 Å². The summed E-state index contributed by atoms with van der Waals surface area (Å²) in [7, 11) is 2.15. The lowest BCUT2D eigenvalue weighted by Crippen LogP contribution is -2.44. The maximum absolute atomic E-state index is 5.64. The lowest BCUT2D eigenvalue weighted by Gasteiger charge is -2.35. The van der Waals surface area contributed by atoms with E-state index in [0.717, 1.165) is 36.8 Å². The first-order valence-corrected chi connectivity index (χ1v) is 5.40. The smallest absolute Gasteiger partial charge is 0.194 e. The van der Waals surface area contributed by atoms with Crippen molar-refractivity contribution in [1.29, 1.82) is 0 Å². The minimum atomic E-state index is 0.758. The molecule has 14 heavy (non-hydrogen) atoms. The molecule has 2 heterocycles. The van der Waals surface area contributed by atoms with E-state index in [1.807, 2.05) is 6.20 Å². The Morgan fingerprint density at radius 1 is 1.57 bits per heavy atom. The van der Waals surface area contributed by atoms with Crippen LogP contribution in [0, 0.1) is 5.92 Å². The molecule has 1 aromatic rings. The van der Waals surface area contributed by atoms with Crippen LogP contribution in [0.15, 0.2) is 10.6 Å². The van der Waals surface area contributed by atoms with Gasteiger partial charge in [-0.2, -0.15) is 0 Å². The highest BCUT2D eigenvalue weighted by Crippen LogP contribution is 2.18. The van der Waals surface area contributed by atoms with Crippen LogP contribution in [0.3, 0.4) is 0 Å². The normalized spacial score (nSPS) is 18.4. The predicted molar refractivity (Wildman–Crippen MR) is 55.2 cm³/mol. The second-order valence-corrected chi connectivity index (χ2v) is 4.26. The average Bonchev–Trinajstić information content (AvgIpc) is 2.51. The molecule has 3 nitrogen and oxygen atoms in total. The van der Waals surface area contributed by atoms with E-state index < -0.39 is 0 Å². The van der Waals surface area contributed by atoms with Gasteiger partial charge in [-0.15, -0.1) is 0 Å². The van der Waals surface area contributed by atoms with E-state index in [4.69, 9.17) is 4.42 Å². The zero-order chi connectivity index (χ0) is 9.97. The molecule has 1 fully saturated rings. The second-order valence-electron chi connectivity index (χ2n) is 4.26. The van der Waals surface area contributed by atoms with E-state index >= 15 is 0 Å². The van der Waals surface area contributed by atoms with Crippen LogP contribution in [-0.4, -0.2) is 30.0 Å². The van der Waals surface area contributed by atoms with Crippen molar-refractivity contribution < 1.29 is 4.42 Å². The van der Waals surface area contributed by atoms with Crippen LogP contribution in [-0.2, 0) is 12.8 Å². The van der Waals surface area contributed by atoms with Gasteiger partial charge >= 0.3 is 0 Å². The highest BCUT2D eigenvalue weighted by atomic mass is 16.4. The first kappa shape index (κ1) is 9.71. The van der Waals surface area contributed by atoms with Crippen molar-refractivity contribution in [3.05, 3.63) is 17.8 Å². The summed E-state index contributed by atoms with van der Waals surface area (Å²) < 4.78 is 5.64. The van der Waals surface area contributed by atoms with Crippen molar-refractivity contribution in [2.45, 2.75) is 26.2 Å². The summed E-state index contributed by atoms with van der Waals surface area (Å²) in [5.74, 6) is 2.72. The number of likely N-dealkylation sites (tertiary alicyclic amines) is 1. The van der Waals surface area contributed by atoms with Gasteiger partial charge in [0.05, 0.1) is 6.20 Å². The van der Waals surface area contributed by atoms with Crippen LogP contribution in [0.4, 0.5) is 0 Å². The van der Waals surface area contributed by atoms with Crippen molar-refractivity contribution in [2.24, 2.45) is 5.92 Å². The van der Waals surface area contributed by atoms with Gasteiger partial charge in [0.25, 0.3) is 0 Å². The Kier molecular flexibility index (Phi) is 2.87. The monoisotopic (exact) mass is 194 g/mol. The molecule has 1 aliphatic heterocycles. The standard InChI is InChI=1S/C11H18N2O/c1-3-4-10-6-12-11(14-10)5-9-7-13(2)8-9/h6,9H,3-5,7-8H2,1-2H3. The van der Waals surface area contributed by atoms with Crippen molar-refractivity contribution in [3.63, 3.8) is 0 Å². The number of hydrogen-bond acceptors (Lipinski definition) is 3. The quantitative estimate of drug-likeness (QED) is 0.731.